The molecule has 4 heteroatoms. The summed E-state index contributed by atoms with van der Waals surface area (Å²) in [4.78, 5) is 23.4. The second-order valence-electron chi connectivity index (χ2n) is 5.00. The number of hydrogen-bond donors (Lipinski definition) is 0. The van der Waals surface area contributed by atoms with Gasteiger partial charge in [-0.05, 0) is 25.0 Å². The summed E-state index contributed by atoms with van der Waals surface area (Å²) in [5.41, 5.74) is 0.506. The SMILES string of the molecule is O=C(OCCOC(=O)C1CCCCC1)c1ccccc1. The van der Waals surface area contributed by atoms with Crippen molar-refractivity contribution in [1.29, 1.82) is 0 Å². The number of esters is 2. The molecule has 1 saturated carbocycles. The minimum absolute atomic E-state index is 0.0357. The molecule has 0 bridgehead atoms. The van der Waals surface area contributed by atoms with E-state index in [0.29, 0.717) is 5.56 Å². The Bertz CT molecular complexity index is 435. The number of carbonyl (C=O) groups is 2. The third-order valence-electron chi connectivity index (χ3n) is 3.51. The average molecular weight is 276 g/mol. The van der Waals surface area contributed by atoms with Crippen molar-refractivity contribution in [3.8, 4) is 0 Å². The molecule has 0 aliphatic heterocycles. The van der Waals surface area contributed by atoms with Crippen LogP contribution >= 0.6 is 0 Å². The zero-order chi connectivity index (χ0) is 14.2. The summed E-state index contributed by atoms with van der Waals surface area (Å²) < 4.78 is 10.2. The molecular formula is C16H20O4. The van der Waals surface area contributed by atoms with Crippen LogP contribution in [0.2, 0.25) is 0 Å². The van der Waals surface area contributed by atoms with Gasteiger partial charge in [0.1, 0.15) is 13.2 Å². The van der Waals surface area contributed by atoms with Crippen molar-refractivity contribution in [1.82, 2.24) is 0 Å². The van der Waals surface area contributed by atoms with Crippen molar-refractivity contribution in [2.24, 2.45) is 5.92 Å². The second-order valence-corrected chi connectivity index (χ2v) is 5.00. The monoisotopic (exact) mass is 276 g/mol. The molecule has 1 aromatic carbocycles. The van der Waals surface area contributed by atoms with Gasteiger partial charge in [0.2, 0.25) is 0 Å². The van der Waals surface area contributed by atoms with Crippen LogP contribution in [0.1, 0.15) is 42.5 Å². The first-order valence-corrected chi connectivity index (χ1v) is 7.16. The van der Waals surface area contributed by atoms with Gasteiger partial charge in [-0.3, -0.25) is 4.79 Å². The normalized spacial score (nSPS) is 15.6. The molecule has 1 aliphatic rings. The van der Waals surface area contributed by atoms with Crippen LogP contribution in [0, 0.1) is 5.92 Å². The van der Waals surface area contributed by atoms with Crippen molar-refractivity contribution in [2.75, 3.05) is 13.2 Å². The minimum Gasteiger partial charge on any atom is -0.462 e. The Balaban J connectivity index is 1.64. The number of ether oxygens (including phenoxy) is 2. The number of hydrogen-bond acceptors (Lipinski definition) is 4. The first kappa shape index (κ1) is 14.6. The second kappa shape index (κ2) is 7.68. The Labute approximate surface area is 119 Å². The van der Waals surface area contributed by atoms with Crippen LogP contribution in [-0.2, 0) is 14.3 Å². The largest absolute Gasteiger partial charge is 0.462 e. The summed E-state index contributed by atoms with van der Waals surface area (Å²) in [5.74, 6) is -0.506. The Morgan fingerprint density at radius 3 is 2.30 bits per heavy atom. The van der Waals surface area contributed by atoms with Gasteiger partial charge in [0.15, 0.2) is 0 Å². The van der Waals surface area contributed by atoms with Gasteiger partial charge in [0.05, 0.1) is 11.5 Å². The molecule has 0 unspecified atom stereocenters. The predicted octanol–water partition coefficient (Wildman–Crippen LogP) is 2.97. The topological polar surface area (TPSA) is 52.6 Å². The smallest absolute Gasteiger partial charge is 0.338 e. The van der Waals surface area contributed by atoms with E-state index < -0.39 is 0 Å². The number of carbonyl (C=O) groups excluding carboxylic acids is 2. The summed E-state index contributed by atoms with van der Waals surface area (Å²) in [6.07, 6.45) is 5.25. The van der Waals surface area contributed by atoms with Crippen molar-refractivity contribution >= 4 is 11.9 Å². The molecule has 4 nitrogen and oxygen atoms in total. The lowest BCUT2D eigenvalue weighted by Crippen LogP contribution is -2.22. The first-order chi connectivity index (χ1) is 9.77. The highest BCUT2D eigenvalue weighted by atomic mass is 16.6. The van der Waals surface area contributed by atoms with E-state index in [1.54, 1.807) is 24.3 Å². The van der Waals surface area contributed by atoms with Gasteiger partial charge >= 0.3 is 11.9 Å². The molecule has 0 spiro atoms. The molecule has 0 N–H and O–H groups in total. The summed E-state index contributed by atoms with van der Waals surface area (Å²) in [5, 5.41) is 0. The lowest BCUT2D eigenvalue weighted by Gasteiger charge is -2.19. The summed E-state index contributed by atoms with van der Waals surface area (Å²) >= 11 is 0. The zero-order valence-corrected chi connectivity index (χ0v) is 11.5. The molecular weight excluding hydrogens is 256 g/mol. The molecule has 2 rings (SSSR count). The highest BCUT2D eigenvalue weighted by Gasteiger charge is 2.22. The van der Waals surface area contributed by atoms with Crippen LogP contribution in [0.5, 0.6) is 0 Å². The fraction of sp³-hybridized carbons (Fsp3) is 0.500. The summed E-state index contributed by atoms with van der Waals surface area (Å²) in [6, 6.07) is 8.77. The van der Waals surface area contributed by atoms with Gasteiger partial charge in [-0.25, -0.2) is 4.79 Å². The van der Waals surface area contributed by atoms with Gasteiger partial charge in [0, 0.05) is 0 Å². The molecule has 108 valence electrons. The number of rotatable bonds is 5. The first-order valence-electron chi connectivity index (χ1n) is 7.16. The zero-order valence-electron chi connectivity index (χ0n) is 11.5. The van der Waals surface area contributed by atoms with E-state index in [1.807, 2.05) is 6.07 Å². The van der Waals surface area contributed by atoms with E-state index in [-0.39, 0.29) is 31.1 Å². The molecule has 0 aromatic heterocycles. The van der Waals surface area contributed by atoms with E-state index >= 15 is 0 Å². The maximum Gasteiger partial charge on any atom is 0.338 e. The van der Waals surface area contributed by atoms with E-state index in [2.05, 4.69) is 0 Å². The van der Waals surface area contributed by atoms with Crippen molar-refractivity contribution in [3.63, 3.8) is 0 Å². The van der Waals surface area contributed by atoms with Crippen molar-refractivity contribution in [2.45, 2.75) is 32.1 Å². The highest BCUT2D eigenvalue weighted by Crippen LogP contribution is 2.24. The van der Waals surface area contributed by atoms with E-state index in [4.69, 9.17) is 9.47 Å². The van der Waals surface area contributed by atoms with Gasteiger partial charge in [-0.1, -0.05) is 37.5 Å². The fourth-order valence-electron chi connectivity index (χ4n) is 2.39. The van der Waals surface area contributed by atoms with Crippen LogP contribution in [0.3, 0.4) is 0 Å². The molecule has 1 aliphatic carbocycles. The lowest BCUT2D eigenvalue weighted by atomic mass is 9.89. The third kappa shape index (κ3) is 4.37. The Morgan fingerprint density at radius 1 is 0.950 bits per heavy atom. The molecule has 20 heavy (non-hydrogen) atoms. The van der Waals surface area contributed by atoms with Crippen LogP contribution < -0.4 is 0 Å². The van der Waals surface area contributed by atoms with Gasteiger partial charge in [-0.2, -0.15) is 0 Å². The van der Waals surface area contributed by atoms with Gasteiger partial charge < -0.3 is 9.47 Å². The van der Waals surface area contributed by atoms with Crippen molar-refractivity contribution in [3.05, 3.63) is 35.9 Å². The van der Waals surface area contributed by atoms with Crippen LogP contribution in [0.15, 0.2) is 30.3 Å². The van der Waals surface area contributed by atoms with E-state index in [0.717, 1.165) is 25.7 Å². The highest BCUT2D eigenvalue weighted by molar-refractivity contribution is 5.89. The predicted molar refractivity (Wildman–Crippen MR) is 74.3 cm³/mol. The fourth-order valence-corrected chi connectivity index (χ4v) is 2.39. The minimum atomic E-state index is -0.390. The lowest BCUT2D eigenvalue weighted by molar-refractivity contribution is -0.150. The standard InChI is InChI=1S/C16H20O4/c17-15(13-7-3-1-4-8-13)19-11-12-20-16(18)14-9-5-2-6-10-14/h1,3-4,7-8,14H,2,5-6,9-12H2. The molecule has 0 radical (unpaired) electrons. The van der Waals surface area contributed by atoms with E-state index in [1.165, 1.54) is 6.42 Å². The molecule has 0 amide bonds. The molecule has 0 heterocycles. The van der Waals surface area contributed by atoms with Gasteiger partial charge in [-0.15, -0.1) is 0 Å². The Hall–Kier alpha value is -1.84. The average Bonchev–Trinajstić information content (AvgIpc) is 2.53. The molecule has 0 saturated heterocycles. The van der Waals surface area contributed by atoms with Gasteiger partial charge in [0.25, 0.3) is 0 Å². The maximum atomic E-state index is 11.8. The molecule has 1 fully saturated rings. The summed E-state index contributed by atoms with van der Waals surface area (Å²) in [6.45, 7) is 0.236. The quantitative estimate of drug-likeness (QED) is 0.613. The number of benzene rings is 1. The van der Waals surface area contributed by atoms with Crippen LogP contribution in [0.25, 0.3) is 0 Å². The maximum absolute atomic E-state index is 11.8. The summed E-state index contributed by atoms with van der Waals surface area (Å²) in [7, 11) is 0. The third-order valence-corrected chi connectivity index (χ3v) is 3.51. The van der Waals surface area contributed by atoms with Crippen molar-refractivity contribution < 1.29 is 19.1 Å². The Morgan fingerprint density at radius 2 is 1.60 bits per heavy atom. The van der Waals surface area contributed by atoms with E-state index in [9.17, 15) is 9.59 Å². The molecule has 0 atom stereocenters. The Kier molecular flexibility index (Phi) is 5.59. The van der Waals surface area contributed by atoms with Crippen LogP contribution in [-0.4, -0.2) is 25.2 Å². The molecule has 1 aromatic rings. The van der Waals surface area contributed by atoms with Crippen LogP contribution in [0.4, 0.5) is 0 Å².